The first kappa shape index (κ1) is 33.3. The van der Waals surface area contributed by atoms with E-state index >= 15 is 0 Å². The molecule has 1 aliphatic heterocycles. The highest BCUT2D eigenvalue weighted by atomic mass is 19.3. The van der Waals surface area contributed by atoms with Crippen molar-refractivity contribution in [3.05, 3.63) is 84.1 Å². The number of alkyl halides is 2. The molecule has 1 saturated carbocycles. The molecular formula is C33H38F2N4O6. The zero-order valence-corrected chi connectivity index (χ0v) is 25.2. The highest BCUT2D eigenvalue weighted by molar-refractivity contribution is 5.93. The van der Waals surface area contributed by atoms with Gasteiger partial charge in [-0.15, -0.1) is 0 Å². The van der Waals surface area contributed by atoms with Gasteiger partial charge in [-0.1, -0.05) is 37.1 Å². The Morgan fingerprint density at radius 1 is 1.13 bits per heavy atom. The number of hydrogen-bond acceptors (Lipinski definition) is 7. The number of aromatic nitrogens is 2. The molecule has 2 amide bonds. The van der Waals surface area contributed by atoms with Crippen LogP contribution in [-0.2, 0) is 16.1 Å². The van der Waals surface area contributed by atoms with E-state index in [9.17, 15) is 18.4 Å². The van der Waals surface area contributed by atoms with Gasteiger partial charge in [0.15, 0.2) is 6.79 Å². The van der Waals surface area contributed by atoms with Crippen LogP contribution in [0.15, 0.2) is 72.9 Å². The van der Waals surface area contributed by atoms with Gasteiger partial charge in [-0.05, 0) is 62.2 Å². The first-order valence-electron chi connectivity index (χ1n) is 14.7. The lowest BCUT2D eigenvalue weighted by molar-refractivity contribution is -0.143. The largest absolute Gasteiger partial charge is 0.491 e. The van der Waals surface area contributed by atoms with Crippen LogP contribution in [0.2, 0.25) is 0 Å². The minimum atomic E-state index is -3.44. The van der Waals surface area contributed by atoms with Gasteiger partial charge < -0.3 is 30.4 Å². The number of rotatable bonds is 7. The van der Waals surface area contributed by atoms with Crippen molar-refractivity contribution < 1.29 is 37.7 Å². The number of carbonyl (C=O) groups is 2. The summed E-state index contributed by atoms with van der Waals surface area (Å²) in [6.45, 7) is 3.21. The molecule has 1 fully saturated rings. The van der Waals surface area contributed by atoms with Crippen molar-refractivity contribution >= 4 is 22.7 Å². The number of carbonyl (C=O) groups excluding carboxylic acids is 2. The van der Waals surface area contributed by atoms with Gasteiger partial charge in [0.25, 0.3) is 5.91 Å². The number of ether oxygens (including phenoxy) is 3. The minimum absolute atomic E-state index is 0.0299. The van der Waals surface area contributed by atoms with Crippen LogP contribution in [0.1, 0.15) is 55.5 Å². The number of aliphatic hydroxyl groups excluding tert-OH is 1. The van der Waals surface area contributed by atoms with E-state index in [1.165, 1.54) is 12.8 Å². The average Bonchev–Trinajstić information content (AvgIpc) is 3.69. The van der Waals surface area contributed by atoms with Crippen LogP contribution in [0.5, 0.6) is 11.5 Å². The Morgan fingerprint density at radius 3 is 2.56 bits per heavy atom. The van der Waals surface area contributed by atoms with Crippen LogP contribution in [-0.4, -0.2) is 58.2 Å². The molecular weight excluding hydrogens is 586 g/mol. The summed E-state index contributed by atoms with van der Waals surface area (Å²) in [5, 5.41) is 16.0. The minimum Gasteiger partial charge on any atom is -0.491 e. The van der Waals surface area contributed by atoms with Gasteiger partial charge in [0.2, 0.25) is 5.91 Å². The molecule has 1 aliphatic carbocycles. The van der Waals surface area contributed by atoms with Gasteiger partial charge in [-0.3, -0.25) is 9.59 Å². The lowest BCUT2D eigenvalue weighted by Gasteiger charge is -2.17. The second kappa shape index (κ2) is 15.4. The fourth-order valence-electron chi connectivity index (χ4n) is 4.64. The van der Waals surface area contributed by atoms with Crippen LogP contribution in [0, 0.1) is 0 Å². The number of hydrogen-bond donors (Lipinski definition) is 3. The Balaban J connectivity index is 0.000000231. The quantitative estimate of drug-likeness (QED) is 0.259. The van der Waals surface area contributed by atoms with Crippen LogP contribution in [0.25, 0.3) is 16.6 Å². The van der Waals surface area contributed by atoms with E-state index in [0.717, 1.165) is 35.1 Å². The van der Waals surface area contributed by atoms with E-state index < -0.39 is 23.8 Å². The number of nitrogens with one attached hydrogen (secondary N) is 1. The normalized spacial score (nSPS) is 15.0. The molecule has 2 heterocycles. The number of nitrogens with zero attached hydrogens (tertiary/aromatic N) is 2. The Hall–Kier alpha value is -4.55. The SMILES string of the molecule is CC(COc1ccc2c(cnn2-c2cccc(C(N)=O)c2)c1)NC(=O)C(C)(F)F.OC1CCCC1.c1ccc2c(c1)COCO2. The smallest absolute Gasteiger partial charge is 0.321 e. The fraction of sp³-hybridized carbons (Fsp3) is 0.364. The second-order valence-electron chi connectivity index (χ2n) is 10.9. The summed E-state index contributed by atoms with van der Waals surface area (Å²) >= 11 is 0. The number of halogens is 2. The zero-order chi connectivity index (χ0) is 32.4. The molecule has 240 valence electrons. The monoisotopic (exact) mass is 624 g/mol. The molecule has 12 heteroatoms. The van der Waals surface area contributed by atoms with Crippen LogP contribution in [0.3, 0.4) is 0 Å². The van der Waals surface area contributed by atoms with Crippen molar-refractivity contribution in [3.8, 4) is 17.2 Å². The number of aliphatic hydroxyl groups is 1. The molecule has 10 nitrogen and oxygen atoms in total. The van der Waals surface area contributed by atoms with E-state index in [2.05, 4.69) is 10.4 Å². The molecule has 0 spiro atoms. The zero-order valence-electron chi connectivity index (χ0n) is 25.2. The highest BCUT2D eigenvalue weighted by Gasteiger charge is 2.32. The maximum atomic E-state index is 12.9. The summed E-state index contributed by atoms with van der Waals surface area (Å²) in [6, 6.07) is 19.4. The number of nitrogens with two attached hydrogens (primary N) is 1. The summed E-state index contributed by atoms with van der Waals surface area (Å²) in [5.41, 5.74) is 8.30. The molecule has 1 unspecified atom stereocenters. The van der Waals surface area contributed by atoms with Gasteiger partial charge in [0, 0.05) is 23.4 Å². The number of para-hydroxylation sites is 1. The van der Waals surface area contributed by atoms with E-state index in [0.29, 0.717) is 37.3 Å². The van der Waals surface area contributed by atoms with Gasteiger partial charge in [0.1, 0.15) is 18.1 Å². The maximum absolute atomic E-state index is 12.9. The lowest BCUT2D eigenvalue weighted by Crippen LogP contribution is -2.44. The third-order valence-corrected chi connectivity index (χ3v) is 7.04. The third kappa shape index (κ3) is 9.72. The van der Waals surface area contributed by atoms with Gasteiger partial charge in [-0.2, -0.15) is 13.9 Å². The summed E-state index contributed by atoms with van der Waals surface area (Å²) in [7, 11) is 0. The van der Waals surface area contributed by atoms with E-state index in [1.807, 2.05) is 24.3 Å². The van der Waals surface area contributed by atoms with E-state index in [-0.39, 0.29) is 12.7 Å². The van der Waals surface area contributed by atoms with Crippen molar-refractivity contribution in [1.29, 1.82) is 0 Å². The van der Waals surface area contributed by atoms with Crippen LogP contribution in [0.4, 0.5) is 8.78 Å². The fourth-order valence-corrected chi connectivity index (χ4v) is 4.64. The number of benzene rings is 3. The van der Waals surface area contributed by atoms with Crippen molar-refractivity contribution in [2.24, 2.45) is 5.73 Å². The summed E-state index contributed by atoms with van der Waals surface area (Å²) in [6.07, 6.45) is 6.25. The molecule has 0 saturated heterocycles. The molecule has 6 rings (SSSR count). The molecule has 1 atom stereocenters. The van der Waals surface area contributed by atoms with Crippen molar-refractivity contribution in [1.82, 2.24) is 15.1 Å². The summed E-state index contributed by atoms with van der Waals surface area (Å²) < 4.78 is 43.4. The van der Waals surface area contributed by atoms with Crippen LogP contribution < -0.4 is 20.5 Å². The number of amides is 2. The average molecular weight is 625 g/mol. The maximum Gasteiger partial charge on any atom is 0.321 e. The predicted octanol–water partition coefficient (Wildman–Crippen LogP) is 5.14. The first-order chi connectivity index (χ1) is 21.5. The Bertz CT molecular complexity index is 1560. The van der Waals surface area contributed by atoms with Crippen molar-refractivity contribution in [3.63, 3.8) is 0 Å². The predicted molar refractivity (Wildman–Crippen MR) is 165 cm³/mol. The summed E-state index contributed by atoms with van der Waals surface area (Å²) in [5.74, 6) is -3.85. The standard InChI is InChI=1S/C20H20F2N4O3.C8H8O2.C5H10O/c1-12(25-19(28)20(2,21)22)11-29-16-6-7-17-14(9-16)10-24-26(17)15-5-3-4-13(8-15)18(23)27;1-2-4-8-7(3-1)5-9-6-10-8;6-5-3-1-2-4-5/h3-10,12H,11H2,1-2H3,(H2,23,27)(H,25,28);1-4H,5-6H2;5-6H,1-4H2. The van der Waals surface area contributed by atoms with Crippen LogP contribution >= 0.6 is 0 Å². The van der Waals surface area contributed by atoms with Gasteiger partial charge >= 0.3 is 5.92 Å². The van der Waals surface area contributed by atoms with Crippen molar-refractivity contribution in [2.45, 2.75) is 64.2 Å². The van der Waals surface area contributed by atoms with Crippen molar-refractivity contribution in [2.75, 3.05) is 13.4 Å². The van der Waals surface area contributed by atoms with E-state index in [4.69, 9.17) is 25.1 Å². The lowest BCUT2D eigenvalue weighted by atomic mass is 10.2. The Labute approximate surface area is 260 Å². The molecule has 45 heavy (non-hydrogen) atoms. The van der Waals surface area contributed by atoms with Gasteiger partial charge in [-0.25, -0.2) is 4.68 Å². The molecule has 4 aromatic rings. The van der Waals surface area contributed by atoms with Gasteiger partial charge in [0.05, 0.1) is 36.2 Å². The molecule has 0 radical (unpaired) electrons. The molecule has 4 N–H and O–H groups in total. The molecule has 2 aliphatic rings. The number of primary amides is 1. The Morgan fingerprint density at radius 2 is 1.89 bits per heavy atom. The highest BCUT2D eigenvalue weighted by Crippen LogP contribution is 2.24. The van der Waals surface area contributed by atoms with E-state index in [1.54, 1.807) is 60.3 Å². The third-order valence-electron chi connectivity index (χ3n) is 7.04. The topological polar surface area (TPSA) is 138 Å². The molecule has 1 aromatic heterocycles. The molecule has 0 bridgehead atoms. The first-order valence-corrected chi connectivity index (χ1v) is 14.7. The Kier molecular flexibility index (Phi) is 11.4. The number of fused-ring (bicyclic) bond motifs is 2. The second-order valence-corrected chi connectivity index (χ2v) is 10.9. The molecule has 3 aromatic carbocycles. The summed E-state index contributed by atoms with van der Waals surface area (Å²) in [4.78, 5) is 22.7.